The van der Waals surface area contributed by atoms with E-state index in [0.29, 0.717) is 36.1 Å². The average molecular weight is 429 g/mol. The number of hydrogen-bond donors (Lipinski definition) is 0. The number of carbonyl (C=O) groups is 2. The molecule has 0 radical (unpaired) electrons. The van der Waals surface area contributed by atoms with Gasteiger partial charge in [-0.3, -0.25) is 9.59 Å². The number of hydrogen-bond acceptors (Lipinski definition) is 4. The van der Waals surface area contributed by atoms with Gasteiger partial charge in [-0.25, -0.2) is 4.39 Å². The fraction of sp³-hybridized carbons (Fsp3) is 0.600. The van der Waals surface area contributed by atoms with Gasteiger partial charge in [0.05, 0.1) is 17.5 Å². The normalized spacial score (nSPS) is 30.5. The summed E-state index contributed by atoms with van der Waals surface area (Å²) in [5.41, 5.74) is 1.06. The number of ether oxygens (including phenoxy) is 1. The molecule has 5 unspecified atom stereocenters. The van der Waals surface area contributed by atoms with Crippen LogP contribution in [0.3, 0.4) is 0 Å². The van der Waals surface area contributed by atoms with Gasteiger partial charge >= 0.3 is 0 Å². The van der Waals surface area contributed by atoms with Crippen molar-refractivity contribution >= 4 is 11.7 Å². The maximum absolute atomic E-state index is 14.1. The Morgan fingerprint density at radius 2 is 1.84 bits per heavy atom. The lowest BCUT2D eigenvalue weighted by Gasteiger charge is -2.40. The summed E-state index contributed by atoms with van der Waals surface area (Å²) in [6.07, 6.45) is 1.31. The molecule has 4 rings (SSSR count). The van der Waals surface area contributed by atoms with Crippen molar-refractivity contribution in [3.63, 3.8) is 0 Å². The number of fused-ring (bicyclic) bond motifs is 1. The van der Waals surface area contributed by atoms with E-state index in [9.17, 15) is 14.0 Å². The molecule has 1 saturated carbocycles. The van der Waals surface area contributed by atoms with Crippen LogP contribution in [-0.2, 0) is 14.3 Å². The van der Waals surface area contributed by atoms with E-state index in [2.05, 4.69) is 32.6 Å². The van der Waals surface area contributed by atoms with E-state index in [1.807, 2.05) is 0 Å². The molecule has 1 amide bonds. The highest BCUT2D eigenvalue weighted by Crippen LogP contribution is 2.48. The number of likely N-dealkylation sites (N-methyl/N-ethyl adjacent to an activating group) is 1. The lowest BCUT2D eigenvalue weighted by Crippen LogP contribution is -2.43. The zero-order chi connectivity index (χ0) is 22.3. The quantitative estimate of drug-likeness (QED) is 0.688. The molecule has 1 aliphatic carbocycles. The summed E-state index contributed by atoms with van der Waals surface area (Å²) in [4.78, 5) is 31.1. The van der Waals surface area contributed by atoms with Gasteiger partial charge in [0, 0.05) is 13.1 Å². The maximum Gasteiger partial charge on any atom is 0.290 e. The fourth-order valence-corrected chi connectivity index (χ4v) is 5.35. The van der Waals surface area contributed by atoms with Crippen LogP contribution in [0.5, 0.6) is 0 Å². The van der Waals surface area contributed by atoms with Crippen molar-refractivity contribution in [2.24, 2.45) is 17.8 Å². The zero-order valence-electron chi connectivity index (χ0n) is 18.9. The second kappa shape index (κ2) is 8.73. The summed E-state index contributed by atoms with van der Waals surface area (Å²) in [5, 5.41) is 0. The Morgan fingerprint density at radius 1 is 1.13 bits per heavy atom. The largest absolute Gasteiger partial charge is 0.483 e. The topological polar surface area (TPSA) is 49.9 Å². The molecule has 0 aromatic heterocycles. The van der Waals surface area contributed by atoms with Crippen LogP contribution in [0.1, 0.15) is 52.1 Å². The van der Waals surface area contributed by atoms with E-state index in [0.717, 1.165) is 25.9 Å². The van der Waals surface area contributed by atoms with Gasteiger partial charge in [-0.15, -0.1) is 0 Å². The number of Topliss-reactive ketones (excluding diaryl/α,β-unsaturated/α-hetero) is 1. The van der Waals surface area contributed by atoms with Crippen molar-refractivity contribution in [1.29, 1.82) is 0 Å². The number of benzene rings is 1. The molecule has 0 bridgehead atoms. The van der Waals surface area contributed by atoms with E-state index < -0.39 is 6.04 Å². The van der Waals surface area contributed by atoms with Gasteiger partial charge in [-0.2, -0.15) is 0 Å². The molecule has 0 spiro atoms. The van der Waals surface area contributed by atoms with Gasteiger partial charge in [0.25, 0.3) is 5.91 Å². The first-order chi connectivity index (χ1) is 14.8. The van der Waals surface area contributed by atoms with Crippen LogP contribution in [0.2, 0.25) is 0 Å². The Kier molecular flexibility index (Phi) is 6.20. The van der Waals surface area contributed by atoms with E-state index in [1.165, 1.54) is 12.1 Å². The van der Waals surface area contributed by atoms with Crippen molar-refractivity contribution in [3.8, 4) is 0 Å². The smallest absolute Gasteiger partial charge is 0.290 e. The Bertz CT molecular complexity index is 895. The molecule has 0 saturated heterocycles. The van der Waals surface area contributed by atoms with Crippen molar-refractivity contribution in [1.82, 2.24) is 9.80 Å². The van der Waals surface area contributed by atoms with Crippen molar-refractivity contribution in [2.75, 3.05) is 26.2 Å². The van der Waals surface area contributed by atoms with Gasteiger partial charge < -0.3 is 14.5 Å². The van der Waals surface area contributed by atoms with Gasteiger partial charge in [-0.1, -0.05) is 39.8 Å². The molecule has 3 aliphatic rings. The molecule has 2 heterocycles. The molecule has 5 atom stereocenters. The Hall–Kier alpha value is -2.21. The maximum atomic E-state index is 14.1. The second-order valence-corrected chi connectivity index (χ2v) is 9.28. The summed E-state index contributed by atoms with van der Waals surface area (Å²) >= 11 is 0. The van der Waals surface area contributed by atoms with Gasteiger partial charge in [0.15, 0.2) is 11.5 Å². The third-order valence-corrected chi connectivity index (χ3v) is 7.52. The van der Waals surface area contributed by atoms with Crippen LogP contribution in [0.4, 0.5) is 4.39 Å². The number of carbonyl (C=O) groups excluding carboxylic acids is 2. The molecular weight excluding hydrogens is 395 g/mol. The minimum absolute atomic E-state index is 0.0120. The number of nitrogens with zero attached hydrogens (tertiary/aromatic N) is 2. The molecule has 5 nitrogen and oxygen atoms in total. The summed E-state index contributed by atoms with van der Waals surface area (Å²) < 4.78 is 20.4. The van der Waals surface area contributed by atoms with E-state index in [1.54, 1.807) is 17.0 Å². The molecule has 1 aromatic carbocycles. The first-order valence-corrected chi connectivity index (χ1v) is 11.6. The summed E-state index contributed by atoms with van der Waals surface area (Å²) in [7, 11) is 0. The molecule has 6 heteroatoms. The van der Waals surface area contributed by atoms with E-state index >= 15 is 0 Å². The molecule has 1 aromatic rings. The van der Waals surface area contributed by atoms with Crippen molar-refractivity contribution in [2.45, 2.75) is 52.7 Å². The average Bonchev–Trinajstić information content (AvgIpc) is 3.03. The van der Waals surface area contributed by atoms with Gasteiger partial charge in [0.2, 0.25) is 0 Å². The molecule has 0 N–H and O–H groups in total. The van der Waals surface area contributed by atoms with Crippen LogP contribution in [0.25, 0.3) is 0 Å². The van der Waals surface area contributed by atoms with Crippen molar-refractivity contribution in [3.05, 3.63) is 47.0 Å². The highest BCUT2D eigenvalue weighted by atomic mass is 19.1. The van der Waals surface area contributed by atoms with Crippen LogP contribution in [0.15, 0.2) is 35.6 Å². The SMILES string of the molecule is CCN(CC)CCN1C(=O)C2=C(C(=O)C3CC(C)C(C)CC3O2)C1c1cccc(F)c1. The van der Waals surface area contributed by atoms with Crippen LogP contribution in [-0.4, -0.2) is 53.8 Å². The minimum atomic E-state index is -0.586. The van der Waals surface area contributed by atoms with Crippen LogP contribution in [0, 0.1) is 23.6 Å². The number of rotatable bonds is 6. The molecule has 31 heavy (non-hydrogen) atoms. The molecule has 1 fully saturated rings. The lowest BCUT2D eigenvalue weighted by atomic mass is 9.70. The van der Waals surface area contributed by atoms with E-state index in [4.69, 9.17) is 4.74 Å². The minimum Gasteiger partial charge on any atom is -0.483 e. The number of ketones is 1. The monoisotopic (exact) mass is 428 g/mol. The second-order valence-electron chi connectivity index (χ2n) is 9.28. The zero-order valence-corrected chi connectivity index (χ0v) is 18.9. The van der Waals surface area contributed by atoms with Crippen molar-refractivity contribution < 1.29 is 18.7 Å². The van der Waals surface area contributed by atoms with Gasteiger partial charge in [-0.05, 0) is 55.5 Å². The highest BCUT2D eigenvalue weighted by Gasteiger charge is 2.53. The highest BCUT2D eigenvalue weighted by molar-refractivity contribution is 6.11. The van der Waals surface area contributed by atoms with E-state index in [-0.39, 0.29) is 35.3 Å². The Labute approximate surface area is 184 Å². The summed E-state index contributed by atoms with van der Waals surface area (Å²) in [5.74, 6) is 0.251. The number of halogens is 1. The standard InChI is InChI=1S/C25H33FN2O3/c1-5-27(6-2)10-11-28-22(17-8-7-9-18(26)14-17)21-23(29)19-12-15(3)16(4)13-20(19)31-24(21)25(28)30/h7-9,14-16,19-20,22H,5-6,10-13H2,1-4H3. The Morgan fingerprint density at radius 3 is 2.52 bits per heavy atom. The third kappa shape index (κ3) is 3.91. The summed E-state index contributed by atoms with van der Waals surface area (Å²) in [6.45, 7) is 11.5. The fourth-order valence-electron chi connectivity index (χ4n) is 5.35. The third-order valence-electron chi connectivity index (χ3n) is 7.52. The predicted molar refractivity (Wildman–Crippen MR) is 117 cm³/mol. The summed E-state index contributed by atoms with van der Waals surface area (Å²) in [6, 6.07) is 5.67. The first kappa shape index (κ1) is 22.0. The number of amides is 1. The van der Waals surface area contributed by atoms with Gasteiger partial charge in [0.1, 0.15) is 11.9 Å². The Balaban J connectivity index is 1.72. The molecule has 2 aliphatic heterocycles. The lowest BCUT2D eigenvalue weighted by molar-refractivity contribution is -0.137. The predicted octanol–water partition coefficient (Wildman–Crippen LogP) is 3.96. The first-order valence-electron chi connectivity index (χ1n) is 11.6. The van der Waals surface area contributed by atoms with Crippen LogP contribution >= 0.6 is 0 Å². The molecule has 168 valence electrons. The molecular formula is C25H33FN2O3. The van der Waals surface area contributed by atoms with Crippen LogP contribution < -0.4 is 0 Å².